The molecule has 1 aromatic heterocycles. The maximum Gasteiger partial charge on any atom is 0.309 e. The van der Waals surface area contributed by atoms with Crippen molar-refractivity contribution in [2.45, 2.75) is 6.92 Å². The van der Waals surface area contributed by atoms with Crippen molar-refractivity contribution in [3.8, 4) is 5.75 Å². The lowest BCUT2D eigenvalue weighted by molar-refractivity contribution is 0.485. The van der Waals surface area contributed by atoms with Crippen LogP contribution in [-0.4, -0.2) is 24.1 Å². The van der Waals surface area contributed by atoms with E-state index in [4.69, 9.17) is 11.6 Å². The summed E-state index contributed by atoms with van der Waals surface area (Å²) in [4.78, 5) is 7.12. The highest BCUT2D eigenvalue weighted by Gasteiger charge is 2.09. The quantitative estimate of drug-likeness (QED) is 0.560. The first-order valence-corrected chi connectivity index (χ1v) is 5.39. The number of aromatic nitrogens is 2. The van der Waals surface area contributed by atoms with E-state index in [2.05, 4.69) is 14.2 Å². The average Bonchev–Trinajstić information content (AvgIpc) is 2.09. The minimum Gasteiger partial charge on any atom is -0.379 e. The van der Waals surface area contributed by atoms with E-state index in [1.54, 1.807) is 0 Å². The van der Waals surface area contributed by atoms with Crippen molar-refractivity contribution < 1.29 is 12.6 Å². The summed E-state index contributed by atoms with van der Waals surface area (Å²) in [5, 5.41) is 0.0428. The molecule has 13 heavy (non-hydrogen) atoms. The second kappa shape index (κ2) is 3.89. The molecule has 0 N–H and O–H groups in total. The van der Waals surface area contributed by atoms with E-state index in [1.807, 2.05) is 0 Å². The normalized spacial score (nSPS) is 11.2. The van der Waals surface area contributed by atoms with Crippen molar-refractivity contribution >= 4 is 21.7 Å². The Labute approximate surface area is 80.9 Å². The van der Waals surface area contributed by atoms with Crippen LogP contribution in [0.1, 0.15) is 6.92 Å². The van der Waals surface area contributed by atoms with E-state index >= 15 is 0 Å². The maximum atomic E-state index is 10.9. The summed E-state index contributed by atoms with van der Waals surface area (Å²) < 4.78 is 26.5. The lowest BCUT2D eigenvalue weighted by Crippen LogP contribution is -2.11. The molecule has 0 aliphatic carbocycles. The zero-order valence-corrected chi connectivity index (χ0v) is 8.34. The zero-order chi connectivity index (χ0) is 9.90. The first-order chi connectivity index (χ1) is 6.03. The van der Waals surface area contributed by atoms with Gasteiger partial charge in [0.25, 0.3) is 0 Å². The molecular formula is C6H7ClN2O3S. The standard InChI is InChI=1S/C6H7ClN2O3S/c1-2-13(10,11)12-5-3-8-6(7)9-4-5/h3-4H,2H2,1H3. The Kier molecular flexibility index (Phi) is 3.05. The first kappa shape index (κ1) is 10.2. The summed E-state index contributed by atoms with van der Waals surface area (Å²) in [6.07, 6.45) is 2.39. The number of halogens is 1. The molecule has 0 saturated heterocycles. The van der Waals surface area contributed by atoms with Crippen molar-refractivity contribution in [1.82, 2.24) is 9.97 Å². The van der Waals surface area contributed by atoms with Gasteiger partial charge in [-0.3, -0.25) is 0 Å². The summed E-state index contributed by atoms with van der Waals surface area (Å²) in [5.41, 5.74) is 0. The molecule has 0 atom stereocenters. The number of rotatable bonds is 3. The van der Waals surface area contributed by atoms with Crippen molar-refractivity contribution in [3.63, 3.8) is 0 Å². The van der Waals surface area contributed by atoms with Crippen LogP contribution in [0.15, 0.2) is 12.4 Å². The summed E-state index contributed by atoms with van der Waals surface area (Å²) in [6.45, 7) is 1.48. The Bertz CT molecular complexity index is 375. The topological polar surface area (TPSA) is 69.2 Å². The zero-order valence-electron chi connectivity index (χ0n) is 6.77. The summed E-state index contributed by atoms with van der Waals surface area (Å²) in [7, 11) is -3.51. The molecule has 0 amide bonds. The van der Waals surface area contributed by atoms with Gasteiger partial charge < -0.3 is 4.18 Å². The largest absolute Gasteiger partial charge is 0.379 e. The van der Waals surface area contributed by atoms with Crippen molar-refractivity contribution in [2.24, 2.45) is 0 Å². The van der Waals surface area contributed by atoms with Crippen LogP contribution in [0.2, 0.25) is 5.28 Å². The summed E-state index contributed by atoms with van der Waals surface area (Å²) in [6, 6.07) is 0. The van der Waals surface area contributed by atoms with Crippen LogP contribution >= 0.6 is 11.6 Å². The minimum absolute atomic E-state index is 0.0428. The van der Waals surface area contributed by atoms with E-state index in [1.165, 1.54) is 19.3 Å². The number of hydrogen-bond acceptors (Lipinski definition) is 5. The fraction of sp³-hybridized carbons (Fsp3) is 0.333. The highest BCUT2D eigenvalue weighted by molar-refractivity contribution is 7.87. The Balaban J connectivity index is 2.82. The Morgan fingerprint density at radius 1 is 1.46 bits per heavy atom. The monoisotopic (exact) mass is 222 g/mol. The van der Waals surface area contributed by atoms with E-state index in [0.29, 0.717) is 0 Å². The molecular weight excluding hydrogens is 216 g/mol. The molecule has 1 rings (SSSR count). The fourth-order valence-electron chi connectivity index (χ4n) is 0.549. The van der Waals surface area contributed by atoms with Gasteiger partial charge in [0.1, 0.15) is 0 Å². The smallest absolute Gasteiger partial charge is 0.309 e. The van der Waals surface area contributed by atoms with Gasteiger partial charge in [-0.2, -0.15) is 8.42 Å². The molecule has 1 heterocycles. The fourth-order valence-corrected chi connectivity index (χ4v) is 1.14. The molecule has 0 saturated carbocycles. The molecule has 0 aliphatic rings. The van der Waals surface area contributed by atoms with Gasteiger partial charge in [0.2, 0.25) is 5.28 Å². The van der Waals surface area contributed by atoms with Crippen LogP contribution in [0.4, 0.5) is 0 Å². The molecule has 0 aromatic carbocycles. The van der Waals surface area contributed by atoms with Gasteiger partial charge in [-0.05, 0) is 18.5 Å². The van der Waals surface area contributed by atoms with Crippen molar-refractivity contribution in [2.75, 3.05) is 5.75 Å². The predicted molar refractivity (Wildman–Crippen MR) is 47.1 cm³/mol. The van der Waals surface area contributed by atoms with Crippen LogP contribution < -0.4 is 4.18 Å². The van der Waals surface area contributed by atoms with Gasteiger partial charge in [0.15, 0.2) is 5.75 Å². The molecule has 0 spiro atoms. The van der Waals surface area contributed by atoms with Crippen LogP contribution in [0, 0.1) is 0 Å². The molecule has 72 valence electrons. The molecule has 0 aliphatic heterocycles. The third kappa shape index (κ3) is 3.16. The van der Waals surface area contributed by atoms with Gasteiger partial charge in [0.05, 0.1) is 18.1 Å². The average molecular weight is 223 g/mol. The molecule has 0 bridgehead atoms. The lowest BCUT2D eigenvalue weighted by Gasteiger charge is -2.02. The molecule has 0 radical (unpaired) electrons. The molecule has 0 unspecified atom stereocenters. The Hall–Kier alpha value is -0.880. The number of nitrogens with zero attached hydrogens (tertiary/aromatic N) is 2. The number of hydrogen-bond donors (Lipinski definition) is 0. The highest BCUT2D eigenvalue weighted by Crippen LogP contribution is 2.11. The van der Waals surface area contributed by atoms with Crippen LogP contribution in [0.25, 0.3) is 0 Å². The summed E-state index contributed by atoms with van der Waals surface area (Å²) >= 11 is 5.39. The van der Waals surface area contributed by atoms with E-state index in [9.17, 15) is 8.42 Å². The second-order valence-corrected chi connectivity index (χ2v) is 4.31. The van der Waals surface area contributed by atoms with Gasteiger partial charge >= 0.3 is 10.1 Å². The van der Waals surface area contributed by atoms with Gasteiger partial charge in [-0.25, -0.2) is 9.97 Å². The molecule has 5 nitrogen and oxygen atoms in total. The van der Waals surface area contributed by atoms with Gasteiger partial charge in [-0.15, -0.1) is 0 Å². The Morgan fingerprint density at radius 3 is 2.46 bits per heavy atom. The van der Waals surface area contributed by atoms with Crippen LogP contribution in [0.3, 0.4) is 0 Å². The third-order valence-electron chi connectivity index (χ3n) is 1.17. The molecule has 0 fully saturated rings. The predicted octanol–water partition coefficient (Wildman–Crippen LogP) is 0.859. The molecule has 1 aromatic rings. The van der Waals surface area contributed by atoms with E-state index in [0.717, 1.165) is 0 Å². The van der Waals surface area contributed by atoms with Gasteiger partial charge in [-0.1, -0.05) is 0 Å². The Morgan fingerprint density at radius 2 is 2.00 bits per heavy atom. The maximum absolute atomic E-state index is 10.9. The van der Waals surface area contributed by atoms with E-state index in [-0.39, 0.29) is 16.8 Å². The minimum atomic E-state index is -3.51. The van der Waals surface area contributed by atoms with Crippen LogP contribution in [-0.2, 0) is 10.1 Å². The third-order valence-corrected chi connectivity index (χ3v) is 2.52. The SMILES string of the molecule is CCS(=O)(=O)Oc1cnc(Cl)nc1. The second-order valence-electron chi connectivity index (χ2n) is 2.12. The molecule has 7 heteroatoms. The van der Waals surface area contributed by atoms with Crippen molar-refractivity contribution in [1.29, 1.82) is 0 Å². The van der Waals surface area contributed by atoms with Crippen molar-refractivity contribution in [3.05, 3.63) is 17.7 Å². The van der Waals surface area contributed by atoms with E-state index < -0.39 is 10.1 Å². The summed E-state index contributed by atoms with van der Waals surface area (Å²) in [5.74, 6) is -0.0402. The van der Waals surface area contributed by atoms with Gasteiger partial charge in [0, 0.05) is 0 Å². The first-order valence-electron chi connectivity index (χ1n) is 3.43. The highest BCUT2D eigenvalue weighted by atomic mass is 35.5. The lowest BCUT2D eigenvalue weighted by atomic mass is 10.6. The van der Waals surface area contributed by atoms with Crippen LogP contribution in [0.5, 0.6) is 5.75 Å².